The van der Waals surface area contributed by atoms with Crippen LogP contribution < -0.4 is 5.32 Å². The van der Waals surface area contributed by atoms with Gasteiger partial charge in [0.25, 0.3) is 0 Å². The second-order valence-electron chi connectivity index (χ2n) is 5.08. The van der Waals surface area contributed by atoms with Gasteiger partial charge in [0.1, 0.15) is 0 Å². The molecule has 0 spiro atoms. The molecule has 5 heteroatoms. The molecule has 3 atom stereocenters. The Morgan fingerprint density at radius 1 is 1.58 bits per heavy atom. The SMILES string of the molecule is C=C(C)CC(C)C(=O)NC(c1csc(C)n1)C(C)O. The number of thiazole rings is 1. The van der Waals surface area contributed by atoms with Gasteiger partial charge in [-0.3, -0.25) is 4.79 Å². The number of aromatic nitrogens is 1. The van der Waals surface area contributed by atoms with E-state index >= 15 is 0 Å². The maximum absolute atomic E-state index is 12.1. The molecule has 0 aromatic carbocycles. The Morgan fingerprint density at radius 3 is 2.63 bits per heavy atom. The van der Waals surface area contributed by atoms with Crippen LogP contribution in [0.2, 0.25) is 0 Å². The highest BCUT2D eigenvalue weighted by Gasteiger charge is 2.24. The van der Waals surface area contributed by atoms with Gasteiger partial charge in [-0.1, -0.05) is 12.5 Å². The van der Waals surface area contributed by atoms with Crippen LogP contribution in [0.4, 0.5) is 0 Å². The fraction of sp³-hybridized carbons (Fsp3) is 0.571. The number of amides is 1. The number of nitrogens with zero attached hydrogens (tertiary/aromatic N) is 1. The molecular weight excluding hydrogens is 260 g/mol. The van der Waals surface area contributed by atoms with E-state index in [4.69, 9.17) is 0 Å². The van der Waals surface area contributed by atoms with Crippen LogP contribution in [0.25, 0.3) is 0 Å². The van der Waals surface area contributed by atoms with Gasteiger partial charge in [0.05, 0.1) is 22.8 Å². The zero-order valence-corrected chi connectivity index (χ0v) is 12.8. The van der Waals surface area contributed by atoms with E-state index in [9.17, 15) is 9.90 Å². The Bertz CT molecular complexity index is 454. The normalized spacial score (nSPS) is 15.6. The van der Waals surface area contributed by atoms with E-state index in [0.717, 1.165) is 10.6 Å². The number of carbonyl (C=O) groups is 1. The van der Waals surface area contributed by atoms with Gasteiger partial charge >= 0.3 is 0 Å². The molecular formula is C14H22N2O2S. The Labute approximate surface area is 118 Å². The smallest absolute Gasteiger partial charge is 0.223 e. The van der Waals surface area contributed by atoms with E-state index in [1.165, 1.54) is 11.3 Å². The van der Waals surface area contributed by atoms with Crippen LogP contribution >= 0.6 is 11.3 Å². The first-order valence-corrected chi connectivity index (χ1v) is 7.24. The summed E-state index contributed by atoms with van der Waals surface area (Å²) in [6.07, 6.45) is -0.0310. The molecule has 19 heavy (non-hydrogen) atoms. The molecule has 1 amide bonds. The maximum atomic E-state index is 12.1. The highest BCUT2D eigenvalue weighted by molar-refractivity contribution is 7.09. The first-order chi connectivity index (χ1) is 8.81. The number of aryl methyl sites for hydroxylation is 1. The third-order valence-electron chi connectivity index (χ3n) is 2.84. The van der Waals surface area contributed by atoms with Crippen molar-refractivity contribution in [2.24, 2.45) is 5.92 Å². The molecule has 1 aromatic rings. The Morgan fingerprint density at radius 2 is 2.21 bits per heavy atom. The van der Waals surface area contributed by atoms with Gasteiger partial charge in [-0.05, 0) is 27.2 Å². The maximum Gasteiger partial charge on any atom is 0.223 e. The minimum absolute atomic E-state index is 0.0837. The molecule has 1 aromatic heterocycles. The summed E-state index contributed by atoms with van der Waals surface area (Å²) in [4.78, 5) is 16.4. The number of aliphatic hydroxyl groups excluding tert-OH is 1. The lowest BCUT2D eigenvalue weighted by Crippen LogP contribution is -2.38. The van der Waals surface area contributed by atoms with E-state index in [-0.39, 0.29) is 11.8 Å². The fourth-order valence-corrected chi connectivity index (χ4v) is 2.52. The number of aliphatic hydroxyl groups is 1. The summed E-state index contributed by atoms with van der Waals surface area (Å²) < 4.78 is 0. The molecule has 3 unspecified atom stereocenters. The van der Waals surface area contributed by atoms with Crippen LogP contribution in [0.5, 0.6) is 0 Å². The minimum Gasteiger partial charge on any atom is -0.391 e. The van der Waals surface area contributed by atoms with E-state index in [1.807, 2.05) is 26.2 Å². The van der Waals surface area contributed by atoms with Crippen molar-refractivity contribution in [3.05, 3.63) is 28.2 Å². The van der Waals surface area contributed by atoms with Gasteiger partial charge in [-0.2, -0.15) is 0 Å². The number of rotatable bonds is 6. The molecule has 0 saturated carbocycles. The van der Waals surface area contributed by atoms with Crippen molar-refractivity contribution < 1.29 is 9.90 Å². The van der Waals surface area contributed by atoms with Gasteiger partial charge in [0.2, 0.25) is 5.91 Å². The highest BCUT2D eigenvalue weighted by Crippen LogP contribution is 2.20. The molecule has 0 aliphatic rings. The Balaban J connectivity index is 2.74. The van der Waals surface area contributed by atoms with Crippen LogP contribution in [-0.4, -0.2) is 22.1 Å². The molecule has 0 fully saturated rings. The van der Waals surface area contributed by atoms with Gasteiger partial charge < -0.3 is 10.4 Å². The van der Waals surface area contributed by atoms with Crippen molar-refractivity contribution in [3.63, 3.8) is 0 Å². The molecule has 1 heterocycles. The fourth-order valence-electron chi connectivity index (χ4n) is 1.88. The van der Waals surface area contributed by atoms with Crippen molar-refractivity contribution in [1.29, 1.82) is 0 Å². The molecule has 0 saturated heterocycles. The van der Waals surface area contributed by atoms with E-state index in [0.29, 0.717) is 12.1 Å². The molecule has 1 rings (SSSR count). The third kappa shape index (κ3) is 4.76. The zero-order chi connectivity index (χ0) is 14.6. The quantitative estimate of drug-likeness (QED) is 0.788. The van der Waals surface area contributed by atoms with Crippen LogP contribution in [0.15, 0.2) is 17.5 Å². The van der Waals surface area contributed by atoms with Crippen LogP contribution in [-0.2, 0) is 4.79 Å². The van der Waals surface area contributed by atoms with Crippen molar-refractivity contribution in [2.45, 2.75) is 46.3 Å². The molecule has 4 nitrogen and oxygen atoms in total. The molecule has 0 radical (unpaired) electrons. The second-order valence-corrected chi connectivity index (χ2v) is 6.14. The van der Waals surface area contributed by atoms with Crippen molar-refractivity contribution >= 4 is 17.2 Å². The monoisotopic (exact) mass is 282 g/mol. The average Bonchev–Trinajstić information content (AvgIpc) is 2.70. The first kappa shape index (κ1) is 15.9. The molecule has 2 N–H and O–H groups in total. The van der Waals surface area contributed by atoms with Gasteiger partial charge in [-0.15, -0.1) is 17.9 Å². The summed E-state index contributed by atoms with van der Waals surface area (Å²) in [5.41, 5.74) is 1.69. The van der Waals surface area contributed by atoms with Gasteiger partial charge in [0.15, 0.2) is 0 Å². The topological polar surface area (TPSA) is 62.2 Å². The lowest BCUT2D eigenvalue weighted by atomic mass is 10.0. The first-order valence-electron chi connectivity index (χ1n) is 6.36. The van der Waals surface area contributed by atoms with Gasteiger partial charge in [-0.25, -0.2) is 4.98 Å². The summed E-state index contributed by atoms with van der Waals surface area (Å²) in [6, 6.07) is -0.454. The number of hydrogen-bond donors (Lipinski definition) is 2. The standard InChI is InChI=1S/C14H22N2O2S/c1-8(2)6-9(3)14(18)16-13(10(4)17)12-7-19-11(5)15-12/h7,9-10,13,17H,1,6H2,2-5H3,(H,16,18). The van der Waals surface area contributed by atoms with Crippen LogP contribution in [0, 0.1) is 12.8 Å². The zero-order valence-electron chi connectivity index (χ0n) is 11.9. The Kier molecular flexibility index (Phi) is 5.69. The second kappa shape index (κ2) is 6.82. The predicted molar refractivity (Wildman–Crippen MR) is 78.0 cm³/mol. The summed E-state index contributed by atoms with van der Waals surface area (Å²) in [7, 11) is 0. The van der Waals surface area contributed by atoms with Gasteiger partial charge in [0, 0.05) is 11.3 Å². The number of nitrogens with one attached hydrogen (secondary N) is 1. The number of hydrogen-bond acceptors (Lipinski definition) is 4. The summed E-state index contributed by atoms with van der Waals surface area (Å²) in [5.74, 6) is -0.238. The van der Waals surface area contributed by atoms with E-state index in [1.54, 1.807) is 6.92 Å². The summed E-state index contributed by atoms with van der Waals surface area (Å²) >= 11 is 1.51. The Hall–Kier alpha value is -1.20. The average molecular weight is 282 g/mol. The molecule has 106 valence electrons. The predicted octanol–water partition coefficient (Wildman–Crippen LogP) is 2.59. The molecule has 0 aliphatic heterocycles. The summed E-state index contributed by atoms with van der Waals surface area (Å²) in [5, 5.41) is 15.5. The van der Waals surface area contributed by atoms with E-state index in [2.05, 4.69) is 16.9 Å². The van der Waals surface area contributed by atoms with Crippen molar-refractivity contribution in [1.82, 2.24) is 10.3 Å². The minimum atomic E-state index is -0.678. The lowest BCUT2D eigenvalue weighted by Gasteiger charge is -2.22. The largest absolute Gasteiger partial charge is 0.391 e. The number of carbonyl (C=O) groups excluding carboxylic acids is 1. The van der Waals surface area contributed by atoms with Crippen molar-refractivity contribution in [3.8, 4) is 0 Å². The van der Waals surface area contributed by atoms with Crippen LogP contribution in [0.1, 0.15) is 43.9 Å². The number of allylic oxidation sites excluding steroid dienone is 1. The van der Waals surface area contributed by atoms with E-state index < -0.39 is 12.1 Å². The highest BCUT2D eigenvalue weighted by atomic mass is 32.1. The molecule has 0 bridgehead atoms. The van der Waals surface area contributed by atoms with Crippen molar-refractivity contribution in [2.75, 3.05) is 0 Å². The third-order valence-corrected chi connectivity index (χ3v) is 3.63. The summed E-state index contributed by atoms with van der Waals surface area (Å²) in [6.45, 7) is 11.1. The van der Waals surface area contributed by atoms with Crippen LogP contribution in [0.3, 0.4) is 0 Å². The lowest BCUT2D eigenvalue weighted by molar-refractivity contribution is -0.126. The molecule has 0 aliphatic carbocycles.